The molecule has 218 valence electrons. The van der Waals surface area contributed by atoms with E-state index < -0.39 is 0 Å². The zero-order valence-corrected chi connectivity index (χ0v) is 25.5. The molecule has 0 bridgehead atoms. The van der Waals surface area contributed by atoms with Crippen LogP contribution < -0.4 is 21.1 Å². The fourth-order valence-electron chi connectivity index (χ4n) is 5.78. The molecular formula is C32H41ClN6O2. The van der Waals surface area contributed by atoms with E-state index >= 15 is 0 Å². The molecule has 4 heterocycles. The van der Waals surface area contributed by atoms with Crippen LogP contribution in [0.15, 0.2) is 47.5 Å². The first-order valence-electron chi connectivity index (χ1n) is 14.3. The number of amides is 1. The summed E-state index contributed by atoms with van der Waals surface area (Å²) in [6.07, 6.45) is 5.73. The van der Waals surface area contributed by atoms with Crippen LogP contribution in [0.3, 0.4) is 0 Å². The quantitative estimate of drug-likeness (QED) is 0.264. The number of benzene rings is 1. The Morgan fingerprint density at radius 3 is 2.54 bits per heavy atom. The monoisotopic (exact) mass is 576 g/mol. The van der Waals surface area contributed by atoms with Gasteiger partial charge in [0.15, 0.2) is 0 Å². The van der Waals surface area contributed by atoms with Gasteiger partial charge in [0.1, 0.15) is 5.82 Å². The molecule has 0 aliphatic carbocycles. The number of hydrogen-bond donors (Lipinski definition) is 3. The van der Waals surface area contributed by atoms with Crippen LogP contribution in [0.25, 0.3) is 22.0 Å². The number of anilines is 1. The van der Waals surface area contributed by atoms with E-state index in [0.29, 0.717) is 11.1 Å². The molecule has 3 aromatic heterocycles. The zero-order chi connectivity index (χ0) is 28.4. The highest BCUT2D eigenvalue weighted by Gasteiger charge is 2.21. The van der Waals surface area contributed by atoms with Crippen LogP contribution in [0, 0.1) is 13.8 Å². The predicted molar refractivity (Wildman–Crippen MR) is 170 cm³/mol. The Hall–Kier alpha value is -3.62. The van der Waals surface area contributed by atoms with Crippen molar-refractivity contribution >= 4 is 35.0 Å². The average molecular weight is 577 g/mol. The van der Waals surface area contributed by atoms with Crippen molar-refractivity contribution in [1.29, 1.82) is 0 Å². The van der Waals surface area contributed by atoms with Gasteiger partial charge in [-0.1, -0.05) is 13.3 Å². The molecule has 1 aliphatic rings. The number of piperazine rings is 1. The number of aromatic nitrogens is 3. The minimum atomic E-state index is -0.190. The number of nitrogens with one attached hydrogen (secondary N) is 3. The average Bonchev–Trinajstić information content (AvgIpc) is 3.40. The maximum absolute atomic E-state index is 13.7. The molecule has 1 aromatic carbocycles. The Balaban J connectivity index is 0.00000387. The summed E-state index contributed by atoms with van der Waals surface area (Å²) in [5.74, 6) is 0.780. The number of fused-ring (bicyclic) bond motifs is 1. The molecule has 8 nitrogen and oxygen atoms in total. The van der Waals surface area contributed by atoms with E-state index in [1.54, 1.807) is 0 Å². The van der Waals surface area contributed by atoms with Crippen molar-refractivity contribution in [2.75, 3.05) is 31.1 Å². The van der Waals surface area contributed by atoms with Crippen LogP contribution in [0.5, 0.6) is 0 Å². The number of aryl methyl sites for hydroxylation is 3. The summed E-state index contributed by atoms with van der Waals surface area (Å²) in [7, 11) is 0. The molecular weight excluding hydrogens is 536 g/mol. The molecule has 9 heteroatoms. The number of carbonyl (C=O) groups is 1. The third kappa shape index (κ3) is 6.19. The summed E-state index contributed by atoms with van der Waals surface area (Å²) in [6.45, 7) is 14.2. The van der Waals surface area contributed by atoms with Gasteiger partial charge in [-0.05, 0) is 81.1 Å². The van der Waals surface area contributed by atoms with Crippen LogP contribution in [-0.4, -0.2) is 46.6 Å². The van der Waals surface area contributed by atoms with Gasteiger partial charge in [0, 0.05) is 78.9 Å². The summed E-state index contributed by atoms with van der Waals surface area (Å²) >= 11 is 0. The summed E-state index contributed by atoms with van der Waals surface area (Å²) in [5.41, 5.74) is 6.83. The van der Waals surface area contributed by atoms with Crippen molar-refractivity contribution in [3.05, 3.63) is 81.0 Å². The van der Waals surface area contributed by atoms with Crippen LogP contribution >= 0.6 is 12.4 Å². The minimum absolute atomic E-state index is 0. The maximum Gasteiger partial charge on any atom is 0.253 e. The molecule has 0 saturated carbocycles. The maximum atomic E-state index is 13.7. The number of nitrogens with zero attached hydrogens (tertiary/aromatic N) is 3. The molecule has 1 fully saturated rings. The fourth-order valence-corrected chi connectivity index (χ4v) is 5.78. The SMILES string of the molecule is CCCc1cc(C)[nH]c(=O)c1CNC(=O)c1cc(-c2ccc(N3CCNCC3)nc2)c2ccn(C(C)C)c2c1C.Cl. The van der Waals surface area contributed by atoms with Gasteiger partial charge in [0.25, 0.3) is 11.5 Å². The zero-order valence-electron chi connectivity index (χ0n) is 24.6. The lowest BCUT2D eigenvalue weighted by atomic mass is 9.95. The largest absolute Gasteiger partial charge is 0.354 e. The van der Waals surface area contributed by atoms with Crippen molar-refractivity contribution in [1.82, 2.24) is 25.2 Å². The number of halogens is 1. The molecule has 3 N–H and O–H groups in total. The van der Waals surface area contributed by atoms with Crippen molar-refractivity contribution in [2.45, 2.75) is 60.0 Å². The summed E-state index contributed by atoms with van der Waals surface area (Å²) in [5, 5.41) is 7.53. The third-order valence-corrected chi connectivity index (χ3v) is 7.86. The van der Waals surface area contributed by atoms with Gasteiger partial charge >= 0.3 is 0 Å². The topological polar surface area (TPSA) is 95.1 Å². The van der Waals surface area contributed by atoms with Crippen molar-refractivity contribution in [3.8, 4) is 11.1 Å². The molecule has 0 unspecified atom stereocenters. The summed E-state index contributed by atoms with van der Waals surface area (Å²) in [4.78, 5) is 36.5. The number of aromatic amines is 1. The van der Waals surface area contributed by atoms with Crippen LogP contribution in [-0.2, 0) is 13.0 Å². The van der Waals surface area contributed by atoms with Crippen molar-refractivity contribution in [3.63, 3.8) is 0 Å². The van der Waals surface area contributed by atoms with Crippen LogP contribution in [0.2, 0.25) is 0 Å². The highest BCUT2D eigenvalue weighted by Crippen LogP contribution is 2.35. The molecule has 5 rings (SSSR count). The Labute approximate surface area is 248 Å². The molecule has 0 radical (unpaired) electrons. The van der Waals surface area contributed by atoms with E-state index in [2.05, 4.69) is 70.3 Å². The lowest BCUT2D eigenvalue weighted by Gasteiger charge is -2.28. The van der Waals surface area contributed by atoms with Crippen LogP contribution in [0.1, 0.15) is 66.0 Å². The third-order valence-electron chi connectivity index (χ3n) is 7.86. The number of pyridine rings is 2. The molecule has 41 heavy (non-hydrogen) atoms. The first-order chi connectivity index (χ1) is 19.3. The van der Waals surface area contributed by atoms with E-state index in [9.17, 15) is 9.59 Å². The number of carbonyl (C=O) groups excluding carboxylic acids is 1. The van der Waals surface area contributed by atoms with E-state index in [-0.39, 0.29) is 36.5 Å². The van der Waals surface area contributed by atoms with E-state index in [1.165, 1.54) is 0 Å². The van der Waals surface area contributed by atoms with Crippen molar-refractivity contribution in [2.24, 2.45) is 0 Å². The molecule has 4 aromatic rings. The smallest absolute Gasteiger partial charge is 0.253 e. The highest BCUT2D eigenvalue weighted by atomic mass is 35.5. The Morgan fingerprint density at radius 2 is 1.88 bits per heavy atom. The highest BCUT2D eigenvalue weighted by molar-refractivity contribution is 6.06. The van der Waals surface area contributed by atoms with Gasteiger partial charge in [-0.25, -0.2) is 4.98 Å². The second kappa shape index (κ2) is 12.9. The summed E-state index contributed by atoms with van der Waals surface area (Å²) < 4.78 is 2.22. The number of hydrogen-bond acceptors (Lipinski definition) is 5. The van der Waals surface area contributed by atoms with E-state index in [0.717, 1.165) is 83.7 Å². The normalized spacial score (nSPS) is 13.5. The van der Waals surface area contributed by atoms with Gasteiger partial charge in [-0.2, -0.15) is 0 Å². The molecule has 1 saturated heterocycles. The predicted octanol–water partition coefficient (Wildman–Crippen LogP) is 5.30. The lowest BCUT2D eigenvalue weighted by Crippen LogP contribution is -2.43. The fraction of sp³-hybridized carbons (Fsp3) is 0.406. The Kier molecular flexibility index (Phi) is 9.56. The lowest BCUT2D eigenvalue weighted by molar-refractivity contribution is 0.0950. The molecule has 1 aliphatic heterocycles. The molecule has 0 atom stereocenters. The molecule has 1 amide bonds. The van der Waals surface area contributed by atoms with E-state index in [4.69, 9.17) is 4.98 Å². The van der Waals surface area contributed by atoms with Crippen molar-refractivity contribution < 1.29 is 4.79 Å². The first kappa shape index (κ1) is 30.3. The first-order valence-corrected chi connectivity index (χ1v) is 14.3. The van der Waals surface area contributed by atoms with Gasteiger partial charge in [-0.3, -0.25) is 9.59 Å². The van der Waals surface area contributed by atoms with Gasteiger partial charge in [0.05, 0.1) is 5.52 Å². The van der Waals surface area contributed by atoms with Gasteiger partial charge in [0.2, 0.25) is 0 Å². The Bertz CT molecular complexity index is 1580. The summed E-state index contributed by atoms with van der Waals surface area (Å²) in [6, 6.07) is 10.5. The number of H-pyrrole nitrogens is 1. The second-order valence-electron chi connectivity index (χ2n) is 11.0. The van der Waals surface area contributed by atoms with Gasteiger partial charge < -0.3 is 25.1 Å². The minimum Gasteiger partial charge on any atom is -0.354 e. The van der Waals surface area contributed by atoms with Crippen LogP contribution in [0.4, 0.5) is 5.82 Å². The van der Waals surface area contributed by atoms with E-state index in [1.807, 2.05) is 32.2 Å². The van der Waals surface area contributed by atoms with Gasteiger partial charge in [-0.15, -0.1) is 12.4 Å². The number of rotatable bonds is 8. The standard InChI is InChI=1S/C32H40N6O2.ClH/c1-6-7-23-16-21(4)36-32(40)28(23)19-35-31(39)26-17-27(25-10-13-38(20(2)3)30(25)22(26)5)24-8-9-29(34-18-24)37-14-11-33-12-15-37;/h8-10,13,16-18,20,33H,6-7,11-12,14-15,19H2,1-5H3,(H,35,39)(H,36,40);1H. The molecule has 0 spiro atoms. The second-order valence-corrected chi connectivity index (χ2v) is 11.0. The Morgan fingerprint density at radius 1 is 1.12 bits per heavy atom.